The van der Waals surface area contributed by atoms with Crippen molar-refractivity contribution >= 4 is 27.5 Å². The van der Waals surface area contributed by atoms with Crippen molar-refractivity contribution in [3.63, 3.8) is 0 Å². The fourth-order valence-corrected chi connectivity index (χ4v) is 4.09. The number of hydrogen-bond donors (Lipinski definition) is 0. The molecule has 0 saturated heterocycles. The average molecular weight is 330 g/mol. The molecule has 2 aliphatic rings. The molecule has 0 aromatic heterocycles. The third-order valence-electron chi connectivity index (χ3n) is 4.27. The van der Waals surface area contributed by atoms with Gasteiger partial charge < -0.3 is 4.74 Å². The van der Waals surface area contributed by atoms with Gasteiger partial charge in [0.05, 0.1) is 16.5 Å². The summed E-state index contributed by atoms with van der Waals surface area (Å²) in [4.78, 5) is 0. The molecule has 3 unspecified atom stereocenters. The van der Waals surface area contributed by atoms with Gasteiger partial charge >= 0.3 is 0 Å². The molecule has 18 heavy (non-hydrogen) atoms. The summed E-state index contributed by atoms with van der Waals surface area (Å²) in [6.07, 6.45) is 4.10. The van der Waals surface area contributed by atoms with Crippen LogP contribution in [0.25, 0.3) is 0 Å². The molecule has 1 aromatic rings. The molecule has 2 saturated carbocycles. The molecule has 2 fully saturated rings. The highest BCUT2D eigenvalue weighted by molar-refractivity contribution is 9.10. The van der Waals surface area contributed by atoms with Gasteiger partial charge in [-0.15, -0.1) is 11.6 Å². The van der Waals surface area contributed by atoms with E-state index in [1.54, 1.807) is 0 Å². The van der Waals surface area contributed by atoms with Gasteiger partial charge in [-0.3, -0.25) is 0 Å². The number of hydrogen-bond acceptors (Lipinski definition) is 1. The van der Waals surface area contributed by atoms with E-state index in [2.05, 4.69) is 28.1 Å². The zero-order chi connectivity index (χ0) is 12.7. The summed E-state index contributed by atoms with van der Waals surface area (Å²) in [6, 6.07) is 6.25. The first-order chi connectivity index (χ1) is 8.69. The molecule has 1 aromatic carbocycles. The van der Waals surface area contributed by atoms with E-state index in [0.717, 1.165) is 22.1 Å². The maximum atomic E-state index is 6.64. The monoisotopic (exact) mass is 328 g/mol. The molecule has 2 aliphatic carbocycles. The minimum atomic E-state index is 0.157. The summed E-state index contributed by atoms with van der Waals surface area (Å²) in [5, 5.41) is 0.157. The normalized spacial score (nSPS) is 30.9. The average Bonchev–Trinajstić information content (AvgIpc) is 2.98. The van der Waals surface area contributed by atoms with E-state index in [0.29, 0.717) is 12.5 Å². The molecule has 0 N–H and O–H groups in total. The Labute approximate surface area is 122 Å². The van der Waals surface area contributed by atoms with Crippen LogP contribution in [0.1, 0.15) is 37.1 Å². The topological polar surface area (TPSA) is 9.23 Å². The Morgan fingerprint density at radius 1 is 1.33 bits per heavy atom. The second-order valence-electron chi connectivity index (χ2n) is 5.51. The van der Waals surface area contributed by atoms with Gasteiger partial charge in [0.15, 0.2) is 0 Å². The SMILES string of the molecule is CCOc1ccc(C(Cl)C2CC3CC3C2)cc1Br. The highest BCUT2D eigenvalue weighted by Crippen LogP contribution is 2.58. The molecular formula is C15H18BrClO. The standard InChI is InChI=1S/C15H18BrClO/c1-2-18-14-4-3-9(8-13(14)16)15(17)12-6-10-5-11(10)7-12/h3-4,8,10-12,15H,2,5-7H2,1H3. The van der Waals surface area contributed by atoms with Crippen LogP contribution in [0.5, 0.6) is 5.75 Å². The highest BCUT2D eigenvalue weighted by atomic mass is 79.9. The van der Waals surface area contributed by atoms with Crippen molar-refractivity contribution in [2.75, 3.05) is 6.61 Å². The molecule has 3 heteroatoms. The van der Waals surface area contributed by atoms with Crippen LogP contribution in [-0.4, -0.2) is 6.61 Å². The summed E-state index contributed by atoms with van der Waals surface area (Å²) >= 11 is 10.2. The Morgan fingerprint density at radius 3 is 2.67 bits per heavy atom. The zero-order valence-corrected chi connectivity index (χ0v) is 12.9. The van der Waals surface area contributed by atoms with E-state index >= 15 is 0 Å². The van der Waals surface area contributed by atoms with E-state index in [9.17, 15) is 0 Å². The van der Waals surface area contributed by atoms with E-state index in [1.807, 2.05) is 13.0 Å². The molecule has 0 radical (unpaired) electrons. The van der Waals surface area contributed by atoms with Crippen LogP contribution in [0, 0.1) is 17.8 Å². The number of ether oxygens (including phenoxy) is 1. The summed E-state index contributed by atoms with van der Waals surface area (Å²) in [5.74, 6) is 3.55. The first kappa shape index (κ1) is 12.8. The van der Waals surface area contributed by atoms with E-state index < -0.39 is 0 Å². The summed E-state index contributed by atoms with van der Waals surface area (Å²) in [5.41, 5.74) is 1.22. The maximum Gasteiger partial charge on any atom is 0.133 e. The molecule has 0 heterocycles. The summed E-state index contributed by atoms with van der Waals surface area (Å²) in [6.45, 7) is 2.68. The molecule has 0 spiro atoms. The van der Waals surface area contributed by atoms with Gasteiger partial charge in [0.1, 0.15) is 5.75 Å². The molecule has 0 bridgehead atoms. The van der Waals surface area contributed by atoms with Gasteiger partial charge in [0.25, 0.3) is 0 Å². The quantitative estimate of drug-likeness (QED) is 0.692. The molecular weight excluding hydrogens is 312 g/mol. The van der Waals surface area contributed by atoms with Crippen molar-refractivity contribution in [3.05, 3.63) is 28.2 Å². The maximum absolute atomic E-state index is 6.64. The van der Waals surface area contributed by atoms with Crippen molar-refractivity contribution < 1.29 is 4.74 Å². The van der Waals surface area contributed by atoms with E-state index in [4.69, 9.17) is 16.3 Å². The number of benzene rings is 1. The molecule has 1 nitrogen and oxygen atoms in total. The van der Waals surface area contributed by atoms with Gasteiger partial charge in [-0.05, 0) is 77.6 Å². The van der Waals surface area contributed by atoms with Gasteiger partial charge in [0, 0.05) is 0 Å². The molecule has 3 atom stereocenters. The van der Waals surface area contributed by atoms with Crippen molar-refractivity contribution in [1.29, 1.82) is 0 Å². The third kappa shape index (κ3) is 2.42. The minimum absolute atomic E-state index is 0.157. The van der Waals surface area contributed by atoms with Crippen LogP contribution >= 0.6 is 27.5 Å². The Kier molecular flexibility index (Phi) is 3.59. The van der Waals surface area contributed by atoms with Crippen molar-refractivity contribution in [2.45, 2.75) is 31.6 Å². The Balaban J connectivity index is 1.73. The number of alkyl halides is 1. The Morgan fingerprint density at radius 2 is 2.06 bits per heavy atom. The van der Waals surface area contributed by atoms with Crippen LogP contribution in [0.2, 0.25) is 0 Å². The van der Waals surface area contributed by atoms with Gasteiger partial charge in [-0.25, -0.2) is 0 Å². The summed E-state index contributed by atoms with van der Waals surface area (Å²) < 4.78 is 6.54. The fraction of sp³-hybridized carbons (Fsp3) is 0.600. The number of rotatable bonds is 4. The van der Waals surface area contributed by atoms with Gasteiger partial charge in [-0.1, -0.05) is 6.07 Å². The fourth-order valence-electron chi connectivity index (χ4n) is 3.23. The zero-order valence-electron chi connectivity index (χ0n) is 10.5. The van der Waals surface area contributed by atoms with E-state index in [1.165, 1.54) is 24.8 Å². The van der Waals surface area contributed by atoms with Crippen LogP contribution in [0.3, 0.4) is 0 Å². The largest absolute Gasteiger partial charge is 0.493 e. The predicted octanol–water partition coefficient (Wildman–Crippen LogP) is 5.17. The lowest BCUT2D eigenvalue weighted by molar-refractivity contribution is 0.338. The lowest BCUT2D eigenvalue weighted by Gasteiger charge is -2.19. The van der Waals surface area contributed by atoms with Crippen LogP contribution in [0.4, 0.5) is 0 Å². The van der Waals surface area contributed by atoms with Crippen molar-refractivity contribution in [3.8, 4) is 5.75 Å². The molecule has 98 valence electrons. The van der Waals surface area contributed by atoms with Crippen LogP contribution in [-0.2, 0) is 0 Å². The lowest BCUT2D eigenvalue weighted by atomic mass is 9.94. The smallest absolute Gasteiger partial charge is 0.133 e. The van der Waals surface area contributed by atoms with E-state index in [-0.39, 0.29) is 5.38 Å². The van der Waals surface area contributed by atoms with Crippen LogP contribution in [0.15, 0.2) is 22.7 Å². The number of halogens is 2. The first-order valence-corrected chi connectivity index (χ1v) is 7.98. The molecule has 0 aliphatic heterocycles. The number of fused-ring (bicyclic) bond motifs is 1. The predicted molar refractivity (Wildman–Crippen MR) is 78.2 cm³/mol. The minimum Gasteiger partial charge on any atom is -0.493 e. The summed E-state index contributed by atoms with van der Waals surface area (Å²) in [7, 11) is 0. The second kappa shape index (κ2) is 5.05. The third-order valence-corrected chi connectivity index (χ3v) is 5.50. The van der Waals surface area contributed by atoms with Gasteiger partial charge in [-0.2, -0.15) is 0 Å². The second-order valence-corrected chi connectivity index (χ2v) is 6.84. The van der Waals surface area contributed by atoms with Crippen molar-refractivity contribution in [2.24, 2.45) is 17.8 Å². The lowest BCUT2D eigenvalue weighted by Crippen LogP contribution is -2.06. The molecule has 3 rings (SSSR count). The first-order valence-electron chi connectivity index (χ1n) is 6.75. The van der Waals surface area contributed by atoms with Gasteiger partial charge in [0.2, 0.25) is 0 Å². The van der Waals surface area contributed by atoms with Crippen LogP contribution < -0.4 is 4.74 Å². The Hall–Kier alpha value is -0.210. The van der Waals surface area contributed by atoms with Crippen molar-refractivity contribution in [1.82, 2.24) is 0 Å². The Bertz CT molecular complexity index is 438. The highest BCUT2D eigenvalue weighted by Gasteiger charge is 2.47. The molecule has 0 amide bonds.